The molecule has 16 heavy (non-hydrogen) atoms. The molecule has 0 heterocycles. The van der Waals surface area contributed by atoms with E-state index in [1.54, 1.807) is 0 Å². The van der Waals surface area contributed by atoms with Crippen LogP contribution in [0.2, 0.25) is 0 Å². The van der Waals surface area contributed by atoms with Crippen molar-refractivity contribution in [1.29, 1.82) is 0 Å². The normalized spacial score (nSPS) is 7.69. The van der Waals surface area contributed by atoms with E-state index in [1.165, 1.54) is 20.1 Å². The average Bonchev–Trinajstić information content (AvgIpc) is 2.24. The summed E-state index contributed by atoms with van der Waals surface area (Å²) in [5, 5.41) is 7.89. The molecule has 0 aromatic rings. The van der Waals surface area contributed by atoms with Gasteiger partial charge in [0.25, 0.3) is 0 Å². The minimum Gasteiger partial charge on any atom is -0.478 e. The second-order valence-corrected chi connectivity index (χ2v) is 2.91. The van der Waals surface area contributed by atoms with Gasteiger partial charge in [0.05, 0.1) is 13.2 Å². The molecule has 0 amide bonds. The highest BCUT2D eigenvalue weighted by molar-refractivity contribution is 5.84. The van der Waals surface area contributed by atoms with E-state index in [1.807, 2.05) is 6.08 Å². The van der Waals surface area contributed by atoms with Gasteiger partial charge in [-0.2, -0.15) is 0 Å². The third-order valence-corrected chi connectivity index (χ3v) is 1.32. The number of esters is 1. The maximum Gasteiger partial charge on any atom is 0.338 e. The Bertz CT molecular complexity index is 284. The molecule has 0 fully saturated rings. The molecule has 4 heteroatoms. The Morgan fingerprint density at radius 1 is 1.50 bits per heavy atom. The van der Waals surface area contributed by atoms with Gasteiger partial charge in [-0.1, -0.05) is 19.9 Å². The molecule has 0 radical (unpaired) electrons. The van der Waals surface area contributed by atoms with Crippen molar-refractivity contribution in [2.24, 2.45) is 0 Å². The van der Waals surface area contributed by atoms with Gasteiger partial charge in [0, 0.05) is 5.57 Å². The first-order chi connectivity index (χ1) is 7.45. The van der Waals surface area contributed by atoms with Crippen LogP contribution >= 0.6 is 0 Å². The molecule has 90 valence electrons. The highest BCUT2D eigenvalue weighted by Gasteiger charge is 1.90. The smallest absolute Gasteiger partial charge is 0.338 e. The molecular formula is C12H18O4. The fourth-order valence-corrected chi connectivity index (χ4v) is 0.414. The fraction of sp³-hybridized carbons (Fsp3) is 0.417. The maximum atomic E-state index is 10.4. The maximum absolute atomic E-state index is 10.4. The lowest BCUT2D eigenvalue weighted by Crippen LogP contribution is -1.92. The second kappa shape index (κ2) is 11.3. The van der Waals surface area contributed by atoms with E-state index in [9.17, 15) is 9.59 Å². The van der Waals surface area contributed by atoms with Crippen molar-refractivity contribution in [3.05, 3.63) is 30.0 Å². The van der Waals surface area contributed by atoms with Gasteiger partial charge in [0.1, 0.15) is 0 Å². The lowest BCUT2D eigenvalue weighted by atomic mass is 10.3. The molecule has 0 atom stereocenters. The molecule has 0 aromatic carbocycles. The fourth-order valence-electron chi connectivity index (χ4n) is 0.414. The molecule has 0 aliphatic heterocycles. The van der Waals surface area contributed by atoms with Crippen LogP contribution in [-0.4, -0.2) is 24.2 Å². The molecule has 0 aromatic heterocycles. The minimum atomic E-state index is -0.935. The van der Waals surface area contributed by atoms with Crippen molar-refractivity contribution in [1.82, 2.24) is 0 Å². The van der Waals surface area contributed by atoms with E-state index in [0.29, 0.717) is 0 Å². The molecule has 0 unspecified atom stereocenters. The molecule has 0 saturated heterocycles. The summed E-state index contributed by atoms with van der Waals surface area (Å²) < 4.78 is 4.35. The third-order valence-electron chi connectivity index (χ3n) is 1.32. The summed E-state index contributed by atoms with van der Waals surface area (Å²) in [5.41, 5.74) is 2.89. The number of rotatable bonds is 4. The average molecular weight is 226 g/mol. The summed E-state index contributed by atoms with van der Waals surface area (Å²) >= 11 is 0. The van der Waals surface area contributed by atoms with Gasteiger partial charge in [0.15, 0.2) is 0 Å². The minimum absolute atomic E-state index is 0.176. The van der Waals surface area contributed by atoms with Crippen LogP contribution in [0.4, 0.5) is 0 Å². The van der Waals surface area contributed by atoms with Crippen molar-refractivity contribution < 1.29 is 19.4 Å². The number of unbranched alkanes of at least 4 members (excludes halogenated alkanes) is 1. The van der Waals surface area contributed by atoms with Gasteiger partial charge < -0.3 is 9.84 Å². The molecule has 0 spiro atoms. The number of carbonyl (C=O) groups is 2. The zero-order valence-electron chi connectivity index (χ0n) is 9.95. The zero-order valence-corrected chi connectivity index (χ0v) is 9.95. The van der Waals surface area contributed by atoms with Gasteiger partial charge in [0.2, 0.25) is 0 Å². The Hall–Kier alpha value is -1.80. The summed E-state index contributed by atoms with van der Waals surface area (Å²) in [6, 6.07) is 0. The highest BCUT2D eigenvalue weighted by atomic mass is 16.5. The molecule has 0 aliphatic rings. The Morgan fingerprint density at radius 3 is 2.31 bits per heavy atom. The van der Waals surface area contributed by atoms with Gasteiger partial charge in [-0.05, 0) is 19.4 Å². The predicted molar refractivity (Wildman–Crippen MR) is 62.0 cm³/mol. The number of hydrogen-bond acceptors (Lipinski definition) is 3. The van der Waals surface area contributed by atoms with Crippen molar-refractivity contribution in [2.45, 2.75) is 26.7 Å². The highest BCUT2D eigenvalue weighted by Crippen LogP contribution is 1.85. The van der Waals surface area contributed by atoms with Crippen molar-refractivity contribution in [3.8, 4) is 0 Å². The molecule has 0 saturated carbocycles. The Morgan fingerprint density at radius 2 is 2.00 bits per heavy atom. The van der Waals surface area contributed by atoms with Crippen LogP contribution < -0.4 is 0 Å². The van der Waals surface area contributed by atoms with Gasteiger partial charge in [-0.3, -0.25) is 0 Å². The van der Waals surface area contributed by atoms with Crippen molar-refractivity contribution >= 4 is 11.9 Å². The Kier molecular flexibility index (Phi) is 11.7. The van der Waals surface area contributed by atoms with Crippen molar-refractivity contribution in [2.75, 3.05) is 7.11 Å². The molecule has 0 bridgehead atoms. The van der Waals surface area contributed by atoms with Gasteiger partial charge in [-0.15, -0.1) is 5.73 Å². The lowest BCUT2D eigenvalue weighted by molar-refractivity contribution is -0.135. The summed E-state index contributed by atoms with van der Waals surface area (Å²) in [7, 11) is 1.35. The third kappa shape index (κ3) is 14.7. The Labute approximate surface area is 95.9 Å². The number of carboxylic acids is 1. The number of methoxy groups -OCH3 is 1. The standard InChI is InChI=1S/C8H12O2.C4H6O2/c1-3-4-5-6-7-8(9)10-2;1-3(2)4(5)6/h5,7H,3-4H2,1-2H3;1H2,2H3,(H,5,6). The first-order valence-corrected chi connectivity index (χ1v) is 4.83. The second-order valence-electron chi connectivity index (χ2n) is 2.91. The topological polar surface area (TPSA) is 63.6 Å². The SMILES string of the molecule is C=C(C)C(=O)O.CCCC=C=CC(=O)OC. The van der Waals surface area contributed by atoms with Crippen LogP contribution in [0.15, 0.2) is 30.0 Å². The molecular weight excluding hydrogens is 208 g/mol. The Balaban J connectivity index is 0. The van der Waals surface area contributed by atoms with Crippen LogP contribution in [0.25, 0.3) is 0 Å². The van der Waals surface area contributed by atoms with E-state index in [2.05, 4.69) is 24.0 Å². The summed E-state index contributed by atoms with van der Waals surface area (Å²) in [4.78, 5) is 20.0. The number of ether oxygens (including phenoxy) is 1. The van der Waals surface area contributed by atoms with Crippen molar-refractivity contribution in [3.63, 3.8) is 0 Å². The predicted octanol–water partition coefficient (Wildman–Crippen LogP) is 2.32. The van der Waals surface area contributed by atoms with E-state index in [4.69, 9.17) is 5.11 Å². The zero-order chi connectivity index (χ0) is 13.0. The number of carbonyl (C=O) groups excluding carboxylic acids is 1. The van der Waals surface area contributed by atoms with E-state index in [-0.39, 0.29) is 11.5 Å². The molecule has 0 rings (SSSR count). The van der Waals surface area contributed by atoms with Crippen LogP contribution in [0.3, 0.4) is 0 Å². The van der Waals surface area contributed by atoms with Gasteiger partial charge >= 0.3 is 11.9 Å². The van der Waals surface area contributed by atoms with Gasteiger partial charge in [-0.25, -0.2) is 9.59 Å². The summed E-state index contributed by atoms with van der Waals surface area (Å²) in [5.74, 6) is -1.29. The molecule has 0 aliphatic carbocycles. The number of aliphatic carboxylic acids is 1. The van der Waals surface area contributed by atoms with Crippen LogP contribution in [0.5, 0.6) is 0 Å². The van der Waals surface area contributed by atoms with Crippen LogP contribution in [0.1, 0.15) is 26.7 Å². The first-order valence-electron chi connectivity index (χ1n) is 4.83. The summed E-state index contributed by atoms with van der Waals surface area (Å²) in [6.45, 7) is 6.67. The first kappa shape index (κ1) is 16.6. The van der Waals surface area contributed by atoms with E-state index in [0.717, 1.165) is 12.8 Å². The lowest BCUT2D eigenvalue weighted by Gasteiger charge is -1.84. The van der Waals surface area contributed by atoms with E-state index >= 15 is 0 Å². The quantitative estimate of drug-likeness (QED) is 0.454. The number of hydrogen-bond donors (Lipinski definition) is 1. The van der Waals surface area contributed by atoms with E-state index < -0.39 is 5.97 Å². The van der Waals surface area contributed by atoms with Crippen LogP contribution in [0, 0.1) is 0 Å². The largest absolute Gasteiger partial charge is 0.478 e. The number of carboxylic acid groups (broad SMARTS) is 1. The molecule has 1 N–H and O–H groups in total. The summed E-state index contributed by atoms with van der Waals surface area (Å²) in [6.07, 6.45) is 5.13. The molecule has 4 nitrogen and oxygen atoms in total. The monoisotopic (exact) mass is 226 g/mol. The van der Waals surface area contributed by atoms with Crippen LogP contribution in [-0.2, 0) is 14.3 Å².